The highest BCUT2D eigenvalue weighted by atomic mass is 32.1. The molecule has 0 saturated heterocycles. The third-order valence-electron chi connectivity index (χ3n) is 5.52. The van der Waals surface area contributed by atoms with E-state index in [0.29, 0.717) is 33.7 Å². The predicted octanol–water partition coefficient (Wildman–Crippen LogP) is 5.86. The number of aryl methyl sites for hydroxylation is 1. The Bertz CT molecular complexity index is 1550. The Morgan fingerprint density at radius 1 is 0.943 bits per heavy atom. The van der Waals surface area contributed by atoms with Crippen LogP contribution < -0.4 is 19.5 Å². The molecule has 5 rings (SSSR count). The van der Waals surface area contributed by atoms with E-state index < -0.39 is 0 Å². The fraction of sp³-hybridized carbons (Fsp3) is 0.154. The first-order valence-corrected chi connectivity index (χ1v) is 11.8. The van der Waals surface area contributed by atoms with Crippen LogP contribution in [0.2, 0.25) is 0 Å². The Balaban J connectivity index is 1.46. The van der Waals surface area contributed by atoms with E-state index in [1.165, 1.54) is 11.3 Å². The molecule has 176 valence electrons. The Labute approximate surface area is 205 Å². The summed E-state index contributed by atoms with van der Waals surface area (Å²) in [6.07, 6.45) is 2.46. The zero-order valence-corrected chi connectivity index (χ0v) is 20.2. The van der Waals surface area contributed by atoms with Gasteiger partial charge >= 0.3 is 0 Å². The molecule has 0 bridgehead atoms. The normalized spacial score (nSPS) is 10.9. The molecule has 0 aliphatic carbocycles. The molecule has 35 heavy (non-hydrogen) atoms. The minimum atomic E-state index is -0.232. The predicted molar refractivity (Wildman–Crippen MR) is 136 cm³/mol. The van der Waals surface area contributed by atoms with Gasteiger partial charge in [0.2, 0.25) is 5.13 Å². The molecule has 0 atom stereocenters. The van der Waals surface area contributed by atoms with Crippen molar-refractivity contribution >= 4 is 44.1 Å². The Kier molecular flexibility index (Phi) is 6.15. The SMILES string of the molecule is CCc1nnc(NC(=O)c2cccc3cc(Oc4ccnc5cc(OC)c(OC)cc45)ccc23)s1. The third kappa shape index (κ3) is 4.45. The second kappa shape index (κ2) is 9.55. The zero-order chi connectivity index (χ0) is 24.4. The van der Waals surface area contributed by atoms with Crippen molar-refractivity contribution in [3.63, 3.8) is 0 Å². The molecule has 2 heterocycles. The van der Waals surface area contributed by atoms with Gasteiger partial charge in [-0.05, 0) is 53.6 Å². The number of hydrogen-bond acceptors (Lipinski definition) is 8. The molecule has 0 radical (unpaired) electrons. The maximum Gasteiger partial charge on any atom is 0.258 e. The van der Waals surface area contributed by atoms with E-state index >= 15 is 0 Å². The smallest absolute Gasteiger partial charge is 0.258 e. The average molecular weight is 487 g/mol. The summed E-state index contributed by atoms with van der Waals surface area (Å²) in [7, 11) is 3.18. The van der Waals surface area contributed by atoms with Gasteiger partial charge in [-0.3, -0.25) is 15.1 Å². The highest BCUT2D eigenvalue weighted by Crippen LogP contribution is 2.37. The Morgan fingerprint density at radius 3 is 2.54 bits per heavy atom. The van der Waals surface area contributed by atoms with Gasteiger partial charge in [-0.2, -0.15) is 0 Å². The van der Waals surface area contributed by atoms with E-state index in [1.807, 2.05) is 49.4 Å². The number of fused-ring (bicyclic) bond motifs is 2. The van der Waals surface area contributed by atoms with E-state index in [0.717, 1.165) is 33.1 Å². The van der Waals surface area contributed by atoms with Crippen LogP contribution >= 0.6 is 11.3 Å². The molecular formula is C26H22N4O4S. The number of benzene rings is 3. The quantitative estimate of drug-likeness (QED) is 0.308. The van der Waals surface area contributed by atoms with E-state index in [4.69, 9.17) is 14.2 Å². The molecule has 3 aromatic carbocycles. The summed E-state index contributed by atoms with van der Waals surface area (Å²) in [6, 6.07) is 16.7. The van der Waals surface area contributed by atoms with E-state index in [2.05, 4.69) is 20.5 Å². The molecule has 0 saturated carbocycles. The molecule has 0 aliphatic rings. The minimum Gasteiger partial charge on any atom is -0.493 e. The molecule has 0 spiro atoms. The van der Waals surface area contributed by atoms with Gasteiger partial charge in [-0.1, -0.05) is 30.4 Å². The van der Waals surface area contributed by atoms with Gasteiger partial charge in [0, 0.05) is 23.2 Å². The van der Waals surface area contributed by atoms with Crippen molar-refractivity contribution in [2.75, 3.05) is 19.5 Å². The fourth-order valence-corrected chi connectivity index (χ4v) is 4.47. The van der Waals surface area contributed by atoms with Crippen LogP contribution in [0, 0.1) is 0 Å². The number of pyridine rings is 1. The number of carbonyl (C=O) groups excluding carboxylic acids is 1. The molecule has 9 heteroatoms. The van der Waals surface area contributed by atoms with Gasteiger partial charge in [0.15, 0.2) is 11.5 Å². The highest BCUT2D eigenvalue weighted by molar-refractivity contribution is 7.15. The summed E-state index contributed by atoms with van der Waals surface area (Å²) < 4.78 is 17.0. The topological polar surface area (TPSA) is 95.5 Å². The van der Waals surface area contributed by atoms with Gasteiger partial charge in [0.1, 0.15) is 16.5 Å². The lowest BCUT2D eigenvalue weighted by molar-refractivity contribution is 0.102. The van der Waals surface area contributed by atoms with Crippen molar-refractivity contribution in [2.45, 2.75) is 13.3 Å². The maximum absolute atomic E-state index is 12.9. The van der Waals surface area contributed by atoms with Crippen molar-refractivity contribution in [3.05, 3.63) is 71.4 Å². The number of methoxy groups -OCH3 is 2. The number of aromatic nitrogens is 3. The zero-order valence-electron chi connectivity index (χ0n) is 19.4. The summed E-state index contributed by atoms with van der Waals surface area (Å²) in [4.78, 5) is 17.3. The first kappa shape index (κ1) is 22.5. The number of rotatable bonds is 7. The van der Waals surface area contributed by atoms with Gasteiger partial charge in [-0.25, -0.2) is 0 Å². The highest BCUT2D eigenvalue weighted by Gasteiger charge is 2.15. The lowest BCUT2D eigenvalue weighted by Gasteiger charge is -2.13. The maximum atomic E-state index is 12.9. The number of amides is 1. The number of anilines is 1. The lowest BCUT2D eigenvalue weighted by atomic mass is 10.0. The molecule has 1 amide bonds. The summed E-state index contributed by atoms with van der Waals surface area (Å²) in [6.45, 7) is 2.00. The van der Waals surface area contributed by atoms with Crippen LogP contribution in [0.5, 0.6) is 23.0 Å². The van der Waals surface area contributed by atoms with Crippen LogP contribution in [0.15, 0.2) is 60.8 Å². The van der Waals surface area contributed by atoms with Gasteiger partial charge in [0.05, 0.1) is 19.7 Å². The van der Waals surface area contributed by atoms with Gasteiger partial charge < -0.3 is 14.2 Å². The van der Waals surface area contributed by atoms with Gasteiger partial charge in [-0.15, -0.1) is 10.2 Å². The number of nitrogens with one attached hydrogen (secondary N) is 1. The van der Waals surface area contributed by atoms with Crippen LogP contribution in [-0.2, 0) is 6.42 Å². The van der Waals surface area contributed by atoms with Crippen molar-refractivity contribution < 1.29 is 19.0 Å². The monoisotopic (exact) mass is 486 g/mol. The summed E-state index contributed by atoms with van der Waals surface area (Å²) in [5, 5.41) is 14.8. The molecule has 8 nitrogen and oxygen atoms in total. The van der Waals surface area contributed by atoms with Crippen molar-refractivity contribution in [1.82, 2.24) is 15.2 Å². The van der Waals surface area contributed by atoms with Crippen molar-refractivity contribution in [2.24, 2.45) is 0 Å². The van der Waals surface area contributed by atoms with E-state index in [-0.39, 0.29) is 5.91 Å². The molecular weight excluding hydrogens is 464 g/mol. The standard InChI is InChI=1S/C26H22N4O4S/c1-4-24-29-30-26(35-24)28-25(31)18-7-5-6-15-12-16(8-9-17(15)18)34-21-10-11-27-20-14-23(33-3)22(32-2)13-19(20)21/h5-14H,4H2,1-3H3,(H,28,30,31). The van der Waals surface area contributed by atoms with Crippen LogP contribution in [0.25, 0.3) is 21.7 Å². The average Bonchev–Trinajstić information content (AvgIpc) is 3.35. The number of nitrogens with zero attached hydrogens (tertiary/aromatic N) is 3. The fourth-order valence-electron chi connectivity index (χ4n) is 3.80. The molecule has 0 fully saturated rings. The summed E-state index contributed by atoms with van der Waals surface area (Å²) in [5.74, 6) is 2.22. The van der Waals surface area contributed by atoms with Crippen LogP contribution in [0.4, 0.5) is 5.13 Å². The lowest BCUT2D eigenvalue weighted by Crippen LogP contribution is -2.12. The summed E-state index contributed by atoms with van der Waals surface area (Å²) >= 11 is 1.37. The third-order valence-corrected chi connectivity index (χ3v) is 6.50. The van der Waals surface area contributed by atoms with Crippen molar-refractivity contribution in [1.29, 1.82) is 0 Å². The number of hydrogen-bond donors (Lipinski definition) is 1. The number of ether oxygens (including phenoxy) is 3. The second-order valence-electron chi connectivity index (χ2n) is 7.63. The van der Waals surface area contributed by atoms with Crippen LogP contribution in [-0.4, -0.2) is 35.3 Å². The van der Waals surface area contributed by atoms with Crippen LogP contribution in [0.1, 0.15) is 22.3 Å². The molecule has 5 aromatic rings. The van der Waals surface area contributed by atoms with E-state index in [9.17, 15) is 4.79 Å². The first-order chi connectivity index (χ1) is 17.1. The summed E-state index contributed by atoms with van der Waals surface area (Å²) in [5.41, 5.74) is 1.27. The van der Waals surface area contributed by atoms with E-state index in [1.54, 1.807) is 32.5 Å². The second-order valence-corrected chi connectivity index (χ2v) is 8.69. The van der Waals surface area contributed by atoms with Crippen molar-refractivity contribution in [3.8, 4) is 23.0 Å². The molecule has 1 N–H and O–H groups in total. The Hall–Kier alpha value is -4.24. The largest absolute Gasteiger partial charge is 0.493 e. The minimum absolute atomic E-state index is 0.232. The first-order valence-electron chi connectivity index (χ1n) is 10.9. The molecule has 0 unspecified atom stereocenters. The van der Waals surface area contributed by atoms with Crippen LogP contribution in [0.3, 0.4) is 0 Å². The van der Waals surface area contributed by atoms with Gasteiger partial charge in [0.25, 0.3) is 5.91 Å². The molecule has 2 aromatic heterocycles. The number of carbonyl (C=O) groups is 1. The molecule has 0 aliphatic heterocycles. The Morgan fingerprint density at radius 2 is 1.77 bits per heavy atom.